The Labute approximate surface area is 121 Å². The topological polar surface area (TPSA) is 24.1 Å². The molecule has 1 aliphatic rings. The average molecular weight is 265 g/mol. The summed E-state index contributed by atoms with van der Waals surface area (Å²) < 4.78 is 0. The summed E-state index contributed by atoms with van der Waals surface area (Å²) in [5, 5.41) is 7.18. The van der Waals surface area contributed by atoms with Crippen LogP contribution in [0.4, 0.5) is 11.4 Å². The van der Waals surface area contributed by atoms with Gasteiger partial charge < -0.3 is 10.6 Å². The minimum absolute atomic E-state index is 0.596. The third-order valence-corrected chi connectivity index (χ3v) is 3.83. The van der Waals surface area contributed by atoms with Gasteiger partial charge in [-0.3, -0.25) is 0 Å². The van der Waals surface area contributed by atoms with Gasteiger partial charge in [0.1, 0.15) is 0 Å². The maximum absolute atomic E-state index is 3.62. The van der Waals surface area contributed by atoms with Crippen molar-refractivity contribution in [2.45, 2.75) is 31.7 Å². The smallest absolute Gasteiger partial charge is 0.0604 e. The molecule has 2 nitrogen and oxygen atoms in total. The van der Waals surface area contributed by atoms with Gasteiger partial charge in [-0.15, -0.1) is 0 Å². The van der Waals surface area contributed by atoms with E-state index in [1.807, 2.05) is 0 Å². The van der Waals surface area contributed by atoms with Crippen LogP contribution >= 0.6 is 0 Å². The van der Waals surface area contributed by atoms with Crippen molar-refractivity contribution in [2.75, 3.05) is 10.6 Å². The molecule has 0 spiro atoms. The molecule has 1 fully saturated rings. The van der Waals surface area contributed by atoms with Gasteiger partial charge in [-0.25, -0.2) is 0 Å². The van der Waals surface area contributed by atoms with Crippen LogP contribution in [0.25, 0.3) is 0 Å². The van der Waals surface area contributed by atoms with Crippen LogP contribution in [0.3, 0.4) is 0 Å². The van der Waals surface area contributed by atoms with Gasteiger partial charge in [-0.05, 0) is 49.9 Å². The number of hydrogen-bond acceptors (Lipinski definition) is 2. The Morgan fingerprint density at radius 3 is 1.85 bits per heavy atom. The lowest BCUT2D eigenvalue weighted by Crippen LogP contribution is -2.27. The highest BCUT2D eigenvalue weighted by atomic mass is 15.0. The molecule has 1 radical (unpaired) electrons. The molecule has 1 saturated carbocycles. The Kier molecular flexibility index (Phi) is 4.22. The van der Waals surface area contributed by atoms with Crippen LogP contribution in [0.2, 0.25) is 0 Å². The first-order chi connectivity index (χ1) is 9.90. The first kappa shape index (κ1) is 13.0. The fraction of sp³-hybridized carbons (Fsp3) is 0.278. The molecule has 103 valence electrons. The number of hydrogen-bond donors (Lipinski definition) is 2. The molecular weight excluding hydrogens is 244 g/mol. The van der Waals surface area contributed by atoms with Crippen molar-refractivity contribution < 1.29 is 0 Å². The number of benzene rings is 2. The summed E-state index contributed by atoms with van der Waals surface area (Å²) >= 11 is 0. The minimum Gasteiger partial charge on any atom is -0.382 e. The van der Waals surface area contributed by atoms with Crippen molar-refractivity contribution in [1.82, 2.24) is 0 Å². The summed E-state index contributed by atoms with van der Waals surface area (Å²) in [7, 11) is 0. The van der Waals surface area contributed by atoms with Gasteiger partial charge in [0.2, 0.25) is 0 Å². The van der Waals surface area contributed by atoms with Crippen LogP contribution in [0.15, 0.2) is 60.7 Å². The minimum atomic E-state index is 0.596. The lowest BCUT2D eigenvalue weighted by Gasteiger charge is -2.30. The van der Waals surface area contributed by atoms with Crippen LogP contribution < -0.4 is 10.6 Å². The van der Waals surface area contributed by atoms with Gasteiger partial charge in [0.25, 0.3) is 0 Å². The predicted octanol–water partition coefficient (Wildman–Crippen LogP) is 4.69. The van der Waals surface area contributed by atoms with Gasteiger partial charge in [-0.2, -0.15) is 0 Å². The van der Waals surface area contributed by atoms with E-state index in [1.54, 1.807) is 0 Å². The van der Waals surface area contributed by atoms with E-state index < -0.39 is 0 Å². The third kappa shape index (κ3) is 3.53. The second kappa shape index (κ2) is 6.47. The summed E-state index contributed by atoms with van der Waals surface area (Å²) in [6.07, 6.45) is 4.70. The molecule has 2 heteroatoms. The zero-order chi connectivity index (χ0) is 13.6. The number of nitrogens with one attached hydrogen (secondary N) is 2. The molecular formula is C18H21N2. The Morgan fingerprint density at radius 1 is 0.700 bits per heavy atom. The highest BCUT2D eigenvalue weighted by Crippen LogP contribution is 2.29. The molecule has 0 saturated heterocycles. The Balaban J connectivity index is 1.47. The summed E-state index contributed by atoms with van der Waals surface area (Å²) in [4.78, 5) is 0. The van der Waals surface area contributed by atoms with Crippen molar-refractivity contribution in [3.63, 3.8) is 0 Å². The summed E-state index contributed by atoms with van der Waals surface area (Å²) in [5.74, 6) is 0. The second-order valence-electron chi connectivity index (χ2n) is 5.38. The highest BCUT2D eigenvalue weighted by Gasteiger charge is 2.21. The molecule has 1 aliphatic carbocycles. The van der Waals surface area contributed by atoms with Crippen LogP contribution in [0.1, 0.15) is 25.7 Å². The molecule has 2 N–H and O–H groups in total. The first-order valence-electron chi connectivity index (χ1n) is 7.38. The van der Waals surface area contributed by atoms with E-state index in [0.29, 0.717) is 6.04 Å². The largest absolute Gasteiger partial charge is 0.382 e. The molecule has 0 aromatic heterocycles. The normalized spacial score (nSPS) is 16.8. The quantitative estimate of drug-likeness (QED) is 0.838. The fourth-order valence-corrected chi connectivity index (χ4v) is 2.73. The molecule has 2 aromatic rings. The van der Waals surface area contributed by atoms with E-state index in [9.17, 15) is 0 Å². The van der Waals surface area contributed by atoms with Crippen molar-refractivity contribution in [3.8, 4) is 0 Å². The number of rotatable bonds is 4. The van der Waals surface area contributed by atoms with E-state index >= 15 is 0 Å². The lowest BCUT2D eigenvalue weighted by molar-refractivity contribution is 0.496. The SMILES string of the molecule is c1ccc(N[C]2CCC(Nc3ccccc3)CC2)cc1. The van der Waals surface area contributed by atoms with Crippen molar-refractivity contribution in [3.05, 3.63) is 66.7 Å². The molecule has 3 rings (SSSR count). The lowest BCUT2D eigenvalue weighted by atomic mass is 9.91. The third-order valence-electron chi connectivity index (χ3n) is 3.83. The van der Waals surface area contributed by atoms with Crippen LogP contribution in [-0.2, 0) is 0 Å². The highest BCUT2D eigenvalue weighted by molar-refractivity contribution is 5.47. The molecule has 0 aliphatic heterocycles. The average Bonchev–Trinajstić information content (AvgIpc) is 2.51. The predicted molar refractivity (Wildman–Crippen MR) is 85.6 cm³/mol. The van der Waals surface area contributed by atoms with E-state index in [2.05, 4.69) is 71.3 Å². The van der Waals surface area contributed by atoms with Gasteiger partial charge in [0, 0.05) is 17.4 Å². The van der Waals surface area contributed by atoms with Gasteiger partial charge in [-0.1, -0.05) is 36.4 Å². The van der Waals surface area contributed by atoms with E-state index in [1.165, 1.54) is 30.3 Å². The Hall–Kier alpha value is -1.96. The summed E-state index contributed by atoms with van der Waals surface area (Å²) in [6, 6.07) is 23.0. The van der Waals surface area contributed by atoms with Gasteiger partial charge in [0.15, 0.2) is 0 Å². The molecule has 2 aromatic carbocycles. The van der Waals surface area contributed by atoms with Crippen LogP contribution in [-0.4, -0.2) is 6.04 Å². The maximum Gasteiger partial charge on any atom is 0.0604 e. The van der Waals surface area contributed by atoms with E-state index in [-0.39, 0.29) is 0 Å². The molecule has 0 amide bonds. The summed E-state index contributed by atoms with van der Waals surface area (Å²) in [6.45, 7) is 0. The van der Waals surface area contributed by atoms with E-state index in [4.69, 9.17) is 0 Å². The van der Waals surface area contributed by atoms with Crippen molar-refractivity contribution in [1.29, 1.82) is 0 Å². The standard InChI is InChI=1S/C18H21N2/c1-3-7-15(8-4-1)19-17-11-13-18(14-12-17)20-16-9-5-2-6-10-16/h1-10,17,19-20H,11-14H2. The molecule has 0 atom stereocenters. The molecule has 0 bridgehead atoms. The zero-order valence-electron chi connectivity index (χ0n) is 11.7. The molecule has 0 unspecified atom stereocenters. The van der Waals surface area contributed by atoms with Gasteiger partial charge >= 0.3 is 0 Å². The van der Waals surface area contributed by atoms with Crippen LogP contribution in [0, 0.1) is 6.04 Å². The fourth-order valence-electron chi connectivity index (χ4n) is 2.73. The number of anilines is 2. The van der Waals surface area contributed by atoms with Gasteiger partial charge in [0.05, 0.1) is 6.04 Å². The van der Waals surface area contributed by atoms with Crippen LogP contribution in [0.5, 0.6) is 0 Å². The Bertz CT molecular complexity index is 452. The molecule has 0 heterocycles. The first-order valence-corrected chi connectivity index (χ1v) is 7.38. The maximum atomic E-state index is 3.62. The number of para-hydroxylation sites is 2. The van der Waals surface area contributed by atoms with E-state index in [0.717, 1.165) is 12.8 Å². The van der Waals surface area contributed by atoms with Crippen molar-refractivity contribution in [2.24, 2.45) is 0 Å². The molecule has 20 heavy (non-hydrogen) atoms. The monoisotopic (exact) mass is 265 g/mol. The zero-order valence-corrected chi connectivity index (χ0v) is 11.7. The summed E-state index contributed by atoms with van der Waals surface area (Å²) in [5.41, 5.74) is 2.44. The van der Waals surface area contributed by atoms with Crippen molar-refractivity contribution >= 4 is 11.4 Å². The Morgan fingerprint density at radius 2 is 1.25 bits per heavy atom. The second-order valence-corrected chi connectivity index (χ2v) is 5.38.